The van der Waals surface area contributed by atoms with Crippen LogP contribution < -0.4 is 21.3 Å². The number of likely N-dealkylation sites (N-methyl/N-ethyl adjacent to an activating group) is 1. The average molecular weight is 812 g/mol. The van der Waals surface area contributed by atoms with E-state index in [-0.39, 0.29) is 37.4 Å². The Balaban J connectivity index is 1.51. The maximum absolute atomic E-state index is 14.6. The number of carbonyl (C=O) groups excluding carboxylic acids is 7. The number of carbonyl (C=O) groups is 7. The third-order valence-electron chi connectivity index (χ3n) is 10.7. The molecule has 18 heteroatoms. The number of fused-ring (bicyclic) bond motifs is 2. The number of nitrogens with one attached hydrogen (secondary N) is 4. The van der Waals surface area contributed by atoms with Crippen LogP contribution in [0.25, 0.3) is 0 Å². The molecule has 314 valence electrons. The van der Waals surface area contributed by atoms with E-state index in [9.17, 15) is 47.4 Å². The van der Waals surface area contributed by atoms with Crippen molar-refractivity contribution in [3.8, 4) is 0 Å². The Morgan fingerprint density at radius 2 is 1.60 bits per heavy atom. The van der Waals surface area contributed by atoms with Crippen molar-refractivity contribution in [1.29, 1.82) is 0 Å². The fraction of sp³-hybridized carbons (Fsp3) is 0.525. The summed E-state index contributed by atoms with van der Waals surface area (Å²) in [5.41, 5.74) is 1.29. The molecule has 0 spiro atoms. The number of benzene rings is 2. The molecule has 1 unspecified atom stereocenters. The molecule has 0 saturated carbocycles. The number of nitrogens with zero attached hydrogens (tertiary/aromatic N) is 3. The minimum Gasteiger partial charge on any atom is -0.458 e. The number of urea groups is 1. The second kappa shape index (κ2) is 18.3. The summed E-state index contributed by atoms with van der Waals surface area (Å²) in [6, 6.07) is 0.333. The topological polar surface area (TPSA) is 207 Å². The van der Waals surface area contributed by atoms with E-state index >= 15 is 0 Å². The van der Waals surface area contributed by atoms with Gasteiger partial charge in [-0.25, -0.2) is 18.4 Å². The number of aliphatic hydroxyl groups excluding tert-OH is 1. The van der Waals surface area contributed by atoms with Crippen LogP contribution >= 0.6 is 0 Å². The Morgan fingerprint density at radius 3 is 2.24 bits per heavy atom. The highest BCUT2D eigenvalue weighted by Crippen LogP contribution is 2.27. The zero-order chi connectivity index (χ0) is 42.6. The third-order valence-corrected chi connectivity index (χ3v) is 10.7. The van der Waals surface area contributed by atoms with E-state index in [1.165, 1.54) is 37.6 Å². The number of hydrogen-bond acceptors (Lipinski definition) is 9. The standard InChI is InChI=1S/C40H51F2N7O9/c1-20-9-11-28(12-10-20)44-40(57)45-29(17-25-15-26(41)18-27(42)16-25)34(51)46-32-24(5)58-39(56)31-14-21(2)19-49(31)36(53)22(3)43-35(52)33(23(4)50)47(6)37(54)30-8-7-13-48(30)38(32)55/h9-12,15-16,18,21-24,29-33,50H,7-8,13-14,17,19H2,1-6H3,(H,43,52)(H,46,51)(H2,44,45,57)/t21-,22+,23+,24+,29+,30+,31+,32+,33?/m1/s1. The van der Waals surface area contributed by atoms with Crippen LogP contribution in [0.15, 0.2) is 42.5 Å². The van der Waals surface area contributed by atoms with Crippen LogP contribution in [0.3, 0.4) is 0 Å². The van der Waals surface area contributed by atoms with Crippen LogP contribution in [-0.4, -0.2) is 130 Å². The zero-order valence-electron chi connectivity index (χ0n) is 33.3. The lowest BCUT2D eigenvalue weighted by Crippen LogP contribution is -2.63. The van der Waals surface area contributed by atoms with E-state index in [0.717, 1.165) is 22.6 Å². The molecular weight excluding hydrogens is 760 g/mol. The summed E-state index contributed by atoms with van der Waals surface area (Å²) in [6.07, 6.45) is -2.58. The fourth-order valence-corrected chi connectivity index (χ4v) is 7.78. The molecule has 3 fully saturated rings. The molecular formula is C40H51F2N7O9. The summed E-state index contributed by atoms with van der Waals surface area (Å²) in [7, 11) is 1.30. The quantitative estimate of drug-likeness (QED) is 0.256. The molecule has 3 saturated heterocycles. The van der Waals surface area contributed by atoms with Gasteiger partial charge in [-0.1, -0.05) is 24.6 Å². The van der Waals surface area contributed by atoms with Crippen molar-refractivity contribution in [2.24, 2.45) is 5.92 Å². The number of anilines is 1. The number of hydrogen-bond donors (Lipinski definition) is 5. The van der Waals surface area contributed by atoms with Crippen molar-refractivity contribution in [1.82, 2.24) is 30.7 Å². The largest absolute Gasteiger partial charge is 0.458 e. The van der Waals surface area contributed by atoms with Gasteiger partial charge in [0, 0.05) is 38.3 Å². The van der Waals surface area contributed by atoms with Gasteiger partial charge in [0.15, 0.2) is 0 Å². The summed E-state index contributed by atoms with van der Waals surface area (Å²) < 4.78 is 34.4. The normalized spacial score (nSPS) is 26.9. The van der Waals surface area contributed by atoms with E-state index in [2.05, 4.69) is 21.3 Å². The molecule has 0 bridgehead atoms. The lowest BCUT2D eigenvalue weighted by Gasteiger charge is -2.37. The van der Waals surface area contributed by atoms with Crippen LogP contribution in [0, 0.1) is 24.5 Å². The Kier molecular flexibility index (Phi) is 13.7. The summed E-state index contributed by atoms with van der Waals surface area (Å²) in [4.78, 5) is 101. The van der Waals surface area contributed by atoms with Gasteiger partial charge in [0.25, 0.3) is 0 Å². The smallest absolute Gasteiger partial charge is 0.329 e. The molecule has 0 aromatic heterocycles. The fourth-order valence-electron chi connectivity index (χ4n) is 7.78. The summed E-state index contributed by atoms with van der Waals surface area (Å²) in [6.45, 7) is 7.92. The predicted octanol–water partition coefficient (Wildman–Crippen LogP) is 1.38. The Morgan fingerprint density at radius 1 is 0.948 bits per heavy atom. The number of halogens is 2. The van der Waals surface area contributed by atoms with Crippen molar-refractivity contribution in [2.45, 2.75) is 109 Å². The molecule has 2 aromatic rings. The first-order chi connectivity index (χ1) is 27.3. The van der Waals surface area contributed by atoms with Crippen LogP contribution in [0.2, 0.25) is 0 Å². The number of rotatable bonds is 7. The lowest BCUT2D eigenvalue weighted by molar-refractivity contribution is -0.163. The van der Waals surface area contributed by atoms with Crippen LogP contribution in [0.5, 0.6) is 0 Å². The SMILES string of the molecule is Cc1ccc(NC(=O)N[C@@H](Cc2cc(F)cc(F)c2)C(=O)N[C@@H]2C(=O)N3CCC[C@H]3C(=O)N(C)C([C@H](C)O)C(=O)N[C@@H](C)C(=O)N3C[C@H](C)C[C@H]3C(=O)O[C@H]2C)cc1. The van der Waals surface area contributed by atoms with Gasteiger partial charge in [-0.3, -0.25) is 24.0 Å². The van der Waals surface area contributed by atoms with Crippen molar-refractivity contribution >= 4 is 47.2 Å². The summed E-state index contributed by atoms with van der Waals surface area (Å²) in [5, 5.41) is 20.9. The first-order valence-corrected chi connectivity index (χ1v) is 19.3. The van der Waals surface area contributed by atoms with E-state index in [1.54, 1.807) is 24.3 Å². The molecule has 9 atom stereocenters. The minimum absolute atomic E-state index is 0.00337. The summed E-state index contributed by atoms with van der Waals surface area (Å²) >= 11 is 0. The molecule has 0 radical (unpaired) electrons. The van der Waals surface area contributed by atoms with Gasteiger partial charge in [0.05, 0.1) is 6.10 Å². The second-order valence-corrected chi connectivity index (χ2v) is 15.5. The van der Waals surface area contributed by atoms with Gasteiger partial charge in [0.1, 0.15) is 54.0 Å². The van der Waals surface area contributed by atoms with Gasteiger partial charge in [-0.05, 0) is 82.7 Å². The number of ether oxygens (including phenoxy) is 1. The van der Waals surface area contributed by atoms with Crippen molar-refractivity contribution < 1.29 is 52.2 Å². The molecule has 0 aliphatic carbocycles. The Bertz CT molecular complexity index is 1890. The van der Waals surface area contributed by atoms with Crippen molar-refractivity contribution in [2.75, 3.05) is 25.5 Å². The van der Waals surface area contributed by atoms with Gasteiger partial charge >= 0.3 is 12.0 Å². The molecule has 3 aliphatic rings. The number of esters is 1. The van der Waals surface area contributed by atoms with Gasteiger partial charge in [-0.2, -0.15) is 0 Å². The molecule has 16 nitrogen and oxygen atoms in total. The molecule has 58 heavy (non-hydrogen) atoms. The first kappa shape index (κ1) is 43.5. The van der Waals surface area contributed by atoms with Gasteiger partial charge < -0.3 is 45.8 Å². The number of aliphatic hydroxyl groups is 1. The van der Waals surface area contributed by atoms with E-state index in [1.807, 2.05) is 13.8 Å². The van der Waals surface area contributed by atoms with E-state index in [0.29, 0.717) is 18.2 Å². The predicted molar refractivity (Wildman–Crippen MR) is 205 cm³/mol. The van der Waals surface area contributed by atoms with E-state index in [4.69, 9.17) is 4.74 Å². The minimum atomic E-state index is -1.69. The Labute approximate surface area is 335 Å². The molecule has 3 aliphatic heterocycles. The third kappa shape index (κ3) is 10.1. The first-order valence-electron chi connectivity index (χ1n) is 19.3. The number of aryl methyl sites for hydroxylation is 1. The van der Waals surface area contributed by atoms with Crippen LogP contribution in [0.1, 0.15) is 58.1 Å². The monoisotopic (exact) mass is 811 g/mol. The Hall–Kier alpha value is -5.65. The lowest BCUT2D eigenvalue weighted by atomic mass is 10.0. The van der Waals surface area contributed by atoms with Crippen molar-refractivity contribution in [3.63, 3.8) is 0 Å². The second-order valence-electron chi connectivity index (χ2n) is 15.5. The van der Waals surface area contributed by atoms with Gasteiger partial charge in [0.2, 0.25) is 29.5 Å². The highest BCUT2D eigenvalue weighted by atomic mass is 19.1. The van der Waals surface area contributed by atoms with Crippen molar-refractivity contribution in [3.05, 3.63) is 65.2 Å². The molecule has 5 N–H and O–H groups in total. The molecule has 2 aromatic carbocycles. The highest BCUT2D eigenvalue weighted by molar-refractivity contribution is 5.98. The van der Waals surface area contributed by atoms with Crippen LogP contribution in [0.4, 0.5) is 19.3 Å². The van der Waals surface area contributed by atoms with Crippen LogP contribution in [-0.2, 0) is 39.9 Å². The average Bonchev–Trinajstić information content (AvgIpc) is 3.80. The zero-order valence-corrected chi connectivity index (χ0v) is 33.3. The molecule has 3 heterocycles. The number of amides is 7. The maximum atomic E-state index is 14.6. The van der Waals surface area contributed by atoms with Gasteiger partial charge in [-0.15, -0.1) is 0 Å². The molecule has 5 rings (SSSR count). The summed E-state index contributed by atoms with van der Waals surface area (Å²) in [5.74, 6) is -6.91. The number of cyclic esters (lactones) is 1. The molecule has 7 amide bonds. The maximum Gasteiger partial charge on any atom is 0.329 e. The van der Waals surface area contributed by atoms with E-state index < -0.39 is 108 Å². The highest BCUT2D eigenvalue weighted by Gasteiger charge is 2.47.